The van der Waals surface area contributed by atoms with Gasteiger partial charge in [0.15, 0.2) is 0 Å². The highest BCUT2D eigenvalue weighted by atomic mass is 28.3. The summed E-state index contributed by atoms with van der Waals surface area (Å²) in [5.41, 5.74) is 2.98. The molecule has 0 amide bonds. The molecule has 0 aliphatic heterocycles. The van der Waals surface area contributed by atoms with Gasteiger partial charge in [-0.25, -0.2) is 0 Å². The first-order chi connectivity index (χ1) is 12.3. The minimum Gasteiger partial charge on any atom is -0.0669 e. The summed E-state index contributed by atoms with van der Waals surface area (Å²) in [7, 11) is -0.379. The third-order valence-electron chi connectivity index (χ3n) is 5.05. The van der Waals surface area contributed by atoms with Gasteiger partial charge in [0.25, 0.3) is 0 Å². The molecule has 0 saturated carbocycles. The largest absolute Gasteiger partial charge is 0.0669 e. The van der Waals surface area contributed by atoms with E-state index < -0.39 is 0 Å². The molecule has 3 rings (SSSR count). The number of hydrogen-bond acceptors (Lipinski definition) is 0. The maximum Gasteiger partial charge on any atom is 0.0550 e. The van der Waals surface area contributed by atoms with Crippen molar-refractivity contribution in [3.8, 4) is 0 Å². The highest BCUT2D eigenvalue weighted by molar-refractivity contribution is 6.73. The molecule has 3 aromatic carbocycles. The van der Waals surface area contributed by atoms with Crippen LogP contribution in [0, 0.1) is 6.92 Å². The lowest BCUT2D eigenvalue weighted by Gasteiger charge is -2.17. The molecular weight excluding hydrogens is 332 g/mol. The fourth-order valence-electron chi connectivity index (χ4n) is 3.64. The molecule has 2 heteroatoms. The Morgan fingerprint density at radius 2 is 1.20 bits per heavy atom. The number of benzene rings is 3. The molecule has 0 aliphatic rings. The predicted molar refractivity (Wildman–Crippen MR) is 117 cm³/mol. The van der Waals surface area contributed by atoms with E-state index in [0.717, 1.165) is 5.16 Å². The molecule has 0 fully saturated rings. The van der Waals surface area contributed by atoms with E-state index in [-0.39, 0.29) is 19.0 Å². The first-order valence-corrected chi connectivity index (χ1v) is 12.5. The average Bonchev–Trinajstić information content (AvgIpc) is 2.65. The molecule has 0 aliphatic carbocycles. The molecule has 0 saturated heterocycles. The van der Waals surface area contributed by atoms with Crippen LogP contribution in [0.25, 0.3) is 0 Å². The van der Waals surface area contributed by atoms with Crippen molar-refractivity contribution in [2.45, 2.75) is 31.4 Å². The van der Waals surface area contributed by atoms with Gasteiger partial charge in [0.2, 0.25) is 0 Å². The van der Waals surface area contributed by atoms with Crippen molar-refractivity contribution in [3.05, 3.63) is 96.1 Å². The second-order valence-corrected chi connectivity index (χ2v) is 13.0. The summed E-state index contributed by atoms with van der Waals surface area (Å²) in [4.78, 5) is 0. The predicted octanol–water partition coefficient (Wildman–Crippen LogP) is 3.05. The summed E-state index contributed by atoms with van der Waals surface area (Å²) in [6.07, 6.45) is 3.96. The van der Waals surface area contributed by atoms with Crippen LogP contribution in [0.5, 0.6) is 0 Å². The zero-order valence-corrected chi connectivity index (χ0v) is 18.0. The van der Waals surface area contributed by atoms with Gasteiger partial charge >= 0.3 is 0 Å². The van der Waals surface area contributed by atoms with Gasteiger partial charge in [-0.3, -0.25) is 0 Å². The fourth-order valence-corrected chi connectivity index (χ4v) is 9.63. The fraction of sp³-hybridized carbons (Fsp3) is 0.217. The normalized spacial score (nSPS) is 13.0. The first kappa shape index (κ1) is 17.9. The molecule has 0 radical (unpaired) electrons. The summed E-state index contributed by atoms with van der Waals surface area (Å²) < 4.78 is 0. The summed E-state index contributed by atoms with van der Waals surface area (Å²) >= 11 is 0. The lowest BCUT2D eigenvalue weighted by atomic mass is 10.0. The van der Waals surface area contributed by atoms with E-state index in [1.165, 1.54) is 30.4 Å². The SMILES string of the molecule is Cc1ccccc1CCCC([SiH2]c1ccccc1)[SiH2]c1ccccc1. The molecule has 0 N–H and O–H groups in total. The molecule has 0 atom stereocenters. The topological polar surface area (TPSA) is 0 Å². The van der Waals surface area contributed by atoms with Crippen molar-refractivity contribution in [1.29, 1.82) is 0 Å². The minimum absolute atomic E-state index is 0.189. The quantitative estimate of drug-likeness (QED) is 0.542. The van der Waals surface area contributed by atoms with Crippen LogP contribution in [0.15, 0.2) is 84.9 Å². The van der Waals surface area contributed by atoms with Gasteiger partial charge in [-0.15, -0.1) is 0 Å². The lowest BCUT2D eigenvalue weighted by molar-refractivity contribution is 0.765. The van der Waals surface area contributed by atoms with Crippen LogP contribution in [0.2, 0.25) is 5.16 Å². The Morgan fingerprint density at radius 1 is 0.680 bits per heavy atom. The van der Waals surface area contributed by atoms with Gasteiger partial charge < -0.3 is 0 Å². The van der Waals surface area contributed by atoms with Crippen LogP contribution in [-0.2, 0) is 6.42 Å². The van der Waals surface area contributed by atoms with Crippen molar-refractivity contribution in [2.24, 2.45) is 0 Å². The summed E-state index contributed by atoms with van der Waals surface area (Å²) in [6.45, 7) is 2.24. The zero-order valence-electron chi connectivity index (χ0n) is 15.2. The molecular formula is C23H28Si2. The Morgan fingerprint density at radius 3 is 1.76 bits per heavy atom. The highest BCUT2D eigenvalue weighted by Gasteiger charge is 2.12. The monoisotopic (exact) mass is 360 g/mol. The van der Waals surface area contributed by atoms with E-state index in [9.17, 15) is 0 Å². The highest BCUT2D eigenvalue weighted by Crippen LogP contribution is 2.16. The van der Waals surface area contributed by atoms with Crippen LogP contribution in [0.1, 0.15) is 24.0 Å². The van der Waals surface area contributed by atoms with Crippen molar-refractivity contribution >= 4 is 29.4 Å². The Balaban J connectivity index is 1.62. The van der Waals surface area contributed by atoms with E-state index in [1.54, 1.807) is 10.4 Å². The third kappa shape index (κ3) is 5.84. The van der Waals surface area contributed by atoms with Crippen LogP contribution >= 0.6 is 0 Å². The van der Waals surface area contributed by atoms with Crippen molar-refractivity contribution < 1.29 is 0 Å². The molecule has 3 aromatic rings. The van der Waals surface area contributed by atoms with E-state index in [1.807, 2.05) is 0 Å². The molecule has 0 unspecified atom stereocenters. The minimum atomic E-state index is -0.189. The van der Waals surface area contributed by atoms with Crippen LogP contribution < -0.4 is 10.4 Å². The lowest BCUT2D eigenvalue weighted by Crippen LogP contribution is -2.29. The molecule has 0 heterocycles. The maximum absolute atomic E-state index is 2.35. The van der Waals surface area contributed by atoms with Crippen molar-refractivity contribution in [3.63, 3.8) is 0 Å². The van der Waals surface area contributed by atoms with Gasteiger partial charge in [0, 0.05) is 0 Å². The van der Waals surface area contributed by atoms with Crippen molar-refractivity contribution in [1.82, 2.24) is 0 Å². The van der Waals surface area contributed by atoms with Gasteiger partial charge in [0.1, 0.15) is 0 Å². The summed E-state index contributed by atoms with van der Waals surface area (Å²) in [5, 5.41) is 4.24. The molecule has 0 spiro atoms. The van der Waals surface area contributed by atoms with Crippen LogP contribution in [0.4, 0.5) is 0 Å². The third-order valence-corrected chi connectivity index (χ3v) is 10.6. The summed E-state index contributed by atoms with van der Waals surface area (Å²) in [5.74, 6) is 0. The Kier molecular flexibility index (Phi) is 6.83. The smallest absolute Gasteiger partial charge is 0.0550 e. The van der Waals surface area contributed by atoms with E-state index >= 15 is 0 Å². The van der Waals surface area contributed by atoms with E-state index in [2.05, 4.69) is 91.9 Å². The molecule has 128 valence electrons. The Labute approximate surface area is 157 Å². The van der Waals surface area contributed by atoms with Crippen LogP contribution in [0.3, 0.4) is 0 Å². The maximum atomic E-state index is 2.35. The van der Waals surface area contributed by atoms with Gasteiger partial charge in [0.05, 0.1) is 19.0 Å². The standard InChI is InChI=1S/C23H28Si2/c1-19-11-8-9-12-20(19)13-10-18-23(24-21-14-4-2-5-15-21)25-22-16-6-3-7-17-22/h2-9,11-12,14-17,23H,10,13,18,24-25H2,1H3. The second kappa shape index (κ2) is 9.54. The molecule has 25 heavy (non-hydrogen) atoms. The zero-order chi connectivity index (χ0) is 17.3. The number of rotatable bonds is 8. The van der Waals surface area contributed by atoms with E-state index in [0.29, 0.717) is 0 Å². The summed E-state index contributed by atoms with van der Waals surface area (Å²) in [6, 6.07) is 31.3. The van der Waals surface area contributed by atoms with E-state index in [4.69, 9.17) is 0 Å². The Hall–Kier alpha value is -1.91. The van der Waals surface area contributed by atoms with Crippen LogP contribution in [-0.4, -0.2) is 19.0 Å². The number of hydrogen-bond donors (Lipinski definition) is 0. The second-order valence-electron chi connectivity index (χ2n) is 7.06. The Bertz CT molecular complexity index is 712. The van der Waals surface area contributed by atoms with Crippen molar-refractivity contribution in [2.75, 3.05) is 0 Å². The molecule has 0 bridgehead atoms. The van der Waals surface area contributed by atoms with Gasteiger partial charge in [-0.2, -0.15) is 0 Å². The first-order valence-electron chi connectivity index (χ1n) is 9.43. The number of aryl methyl sites for hydroxylation is 2. The average molecular weight is 361 g/mol. The molecule has 0 aromatic heterocycles. The molecule has 0 nitrogen and oxygen atoms in total. The van der Waals surface area contributed by atoms with Gasteiger partial charge in [-0.05, 0) is 30.9 Å². The van der Waals surface area contributed by atoms with Gasteiger partial charge in [-0.1, -0.05) is 107 Å².